The van der Waals surface area contributed by atoms with Crippen LogP contribution >= 0.6 is 0 Å². The van der Waals surface area contributed by atoms with Crippen molar-refractivity contribution >= 4 is 0 Å². The molecule has 0 aromatic heterocycles. The molecular formula is C16H25NO. The van der Waals surface area contributed by atoms with Crippen LogP contribution < -0.4 is 0 Å². The lowest BCUT2D eigenvalue weighted by Gasteiger charge is -2.38. The molecule has 2 heteroatoms. The van der Waals surface area contributed by atoms with Crippen LogP contribution in [0.15, 0.2) is 30.3 Å². The van der Waals surface area contributed by atoms with Crippen molar-refractivity contribution in [3.05, 3.63) is 35.9 Å². The van der Waals surface area contributed by atoms with E-state index in [9.17, 15) is 0 Å². The summed E-state index contributed by atoms with van der Waals surface area (Å²) in [7, 11) is 0. The van der Waals surface area contributed by atoms with Gasteiger partial charge in [0.05, 0.1) is 0 Å². The summed E-state index contributed by atoms with van der Waals surface area (Å²) in [5.74, 6) is 0.732. The van der Waals surface area contributed by atoms with Crippen molar-refractivity contribution in [1.82, 2.24) is 4.90 Å². The highest BCUT2D eigenvalue weighted by Crippen LogP contribution is 2.31. The van der Waals surface area contributed by atoms with Crippen molar-refractivity contribution in [2.24, 2.45) is 0 Å². The molecule has 1 fully saturated rings. The summed E-state index contributed by atoms with van der Waals surface area (Å²) in [6, 6.07) is 11.6. The molecule has 1 aliphatic heterocycles. The Kier molecular flexibility index (Phi) is 5.21. The molecule has 18 heavy (non-hydrogen) atoms. The SMILES string of the molecule is CC1CC(c2ccccc2)CCN1CCCCO. The van der Waals surface area contributed by atoms with Gasteiger partial charge in [0.2, 0.25) is 0 Å². The smallest absolute Gasteiger partial charge is 0.0431 e. The first-order chi connectivity index (χ1) is 8.81. The van der Waals surface area contributed by atoms with Crippen LogP contribution in [-0.4, -0.2) is 35.7 Å². The number of unbranched alkanes of at least 4 members (excludes halogenated alkanes) is 1. The highest BCUT2D eigenvalue weighted by Gasteiger charge is 2.25. The van der Waals surface area contributed by atoms with Gasteiger partial charge in [0.15, 0.2) is 0 Å². The van der Waals surface area contributed by atoms with Gasteiger partial charge in [-0.3, -0.25) is 0 Å². The normalized spacial score (nSPS) is 25.2. The van der Waals surface area contributed by atoms with E-state index in [1.165, 1.54) is 24.9 Å². The maximum absolute atomic E-state index is 8.83. The van der Waals surface area contributed by atoms with Gasteiger partial charge in [-0.1, -0.05) is 30.3 Å². The number of nitrogens with zero attached hydrogens (tertiary/aromatic N) is 1. The van der Waals surface area contributed by atoms with E-state index >= 15 is 0 Å². The molecule has 2 rings (SSSR count). The number of hydrogen-bond acceptors (Lipinski definition) is 2. The number of benzene rings is 1. The Hall–Kier alpha value is -0.860. The third-order valence-corrected chi connectivity index (χ3v) is 4.14. The van der Waals surface area contributed by atoms with Crippen LogP contribution in [0, 0.1) is 0 Å². The largest absolute Gasteiger partial charge is 0.396 e. The minimum absolute atomic E-state index is 0.328. The molecule has 0 aliphatic carbocycles. The molecule has 1 saturated heterocycles. The summed E-state index contributed by atoms with van der Waals surface area (Å²) in [6.45, 7) is 5.01. The van der Waals surface area contributed by atoms with E-state index in [2.05, 4.69) is 42.2 Å². The topological polar surface area (TPSA) is 23.5 Å². The fraction of sp³-hybridized carbons (Fsp3) is 0.625. The van der Waals surface area contributed by atoms with E-state index in [0.29, 0.717) is 12.6 Å². The lowest BCUT2D eigenvalue weighted by Crippen LogP contribution is -2.40. The molecule has 2 nitrogen and oxygen atoms in total. The molecule has 0 bridgehead atoms. The number of rotatable bonds is 5. The third kappa shape index (κ3) is 3.56. The van der Waals surface area contributed by atoms with E-state index in [-0.39, 0.29) is 0 Å². The number of aliphatic hydroxyl groups excluding tert-OH is 1. The first-order valence-electron chi connectivity index (χ1n) is 7.21. The molecular weight excluding hydrogens is 222 g/mol. The Morgan fingerprint density at radius 1 is 1.22 bits per heavy atom. The molecule has 1 N–H and O–H groups in total. The summed E-state index contributed by atoms with van der Waals surface area (Å²) >= 11 is 0. The van der Waals surface area contributed by atoms with Gasteiger partial charge in [-0.15, -0.1) is 0 Å². The van der Waals surface area contributed by atoms with Crippen LogP contribution in [-0.2, 0) is 0 Å². The molecule has 1 aliphatic rings. The molecule has 1 aromatic carbocycles. The van der Waals surface area contributed by atoms with Gasteiger partial charge < -0.3 is 10.0 Å². The van der Waals surface area contributed by atoms with Gasteiger partial charge in [-0.25, -0.2) is 0 Å². The molecule has 2 atom stereocenters. The second kappa shape index (κ2) is 6.91. The van der Waals surface area contributed by atoms with Gasteiger partial charge in [0, 0.05) is 12.6 Å². The van der Waals surface area contributed by atoms with Crippen molar-refractivity contribution < 1.29 is 5.11 Å². The van der Waals surface area contributed by atoms with Crippen LogP contribution in [0.2, 0.25) is 0 Å². The second-order valence-electron chi connectivity index (χ2n) is 5.45. The molecule has 0 saturated carbocycles. The second-order valence-corrected chi connectivity index (χ2v) is 5.45. The van der Waals surface area contributed by atoms with Crippen molar-refractivity contribution in [1.29, 1.82) is 0 Å². The number of piperidine rings is 1. The van der Waals surface area contributed by atoms with Crippen molar-refractivity contribution in [2.45, 2.75) is 44.6 Å². The summed E-state index contributed by atoms with van der Waals surface area (Å²) in [6.07, 6.45) is 4.60. The van der Waals surface area contributed by atoms with Crippen LogP contribution in [0.4, 0.5) is 0 Å². The van der Waals surface area contributed by atoms with Crippen LogP contribution in [0.1, 0.15) is 44.1 Å². The minimum atomic E-state index is 0.328. The molecule has 0 spiro atoms. The van der Waals surface area contributed by atoms with Crippen LogP contribution in [0.3, 0.4) is 0 Å². The molecule has 0 radical (unpaired) electrons. The number of likely N-dealkylation sites (tertiary alicyclic amines) is 1. The fourth-order valence-corrected chi connectivity index (χ4v) is 3.01. The van der Waals surface area contributed by atoms with E-state index in [1.807, 2.05) is 0 Å². The molecule has 100 valence electrons. The van der Waals surface area contributed by atoms with Crippen molar-refractivity contribution in [2.75, 3.05) is 19.7 Å². The standard InChI is InChI=1S/C16H25NO/c1-14-13-16(15-7-3-2-4-8-15)9-11-17(14)10-5-6-12-18/h2-4,7-8,14,16,18H,5-6,9-13H2,1H3. The molecule has 1 heterocycles. The first kappa shape index (κ1) is 13.6. The molecule has 0 amide bonds. The zero-order valence-corrected chi connectivity index (χ0v) is 11.4. The minimum Gasteiger partial charge on any atom is -0.396 e. The fourth-order valence-electron chi connectivity index (χ4n) is 3.01. The maximum Gasteiger partial charge on any atom is 0.0431 e. The van der Waals surface area contributed by atoms with Crippen molar-refractivity contribution in [3.63, 3.8) is 0 Å². The van der Waals surface area contributed by atoms with Gasteiger partial charge in [-0.2, -0.15) is 0 Å². The van der Waals surface area contributed by atoms with Gasteiger partial charge in [-0.05, 0) is 57.2 Å². The van der Waals surface area contributed by atoms with Crippen LogP contribution in [0.25, 0.3) is 0 Å². The lowest BCUT2D eigenvalue weighted by molar-refractivity contribution is 0.140. The maximum atomic E-state index is 8.83. The quantitative estimate of drug-likeness (QED) is 0.808. The summed E-state index contributed by atoms with van der Waals surface area (Å²) in [4.78, 5) is 2.58. The average molecular weight is 247 g/mol. The highest BCUT2D eigenvalue weighted by molar-refractivity contribution is 5.20. The third-order valence-electron chi connectivity index (χ3n) is 4.14. The zero-order valence-electron chi connectivity index (χ0n) is 11.4. The average Bonchev–Trinajstić information content (AvgIpc) is 2.42. The van der Waals surface area contributed by atoms with E-state index in [0.717, 1.165) is 25.3 Å². The predicted octanol–water partition coefficient (Wildman–Crippen LogP) is 3.03. The Morgan fingerprint density at radius 3 is 2.67 bits per heavy atom. The Balaban J connectivity index is 1.84. The predicted molar refractivity (Wildman–Crippen MR) is 75.8 cm³/mol. The van der Waals surface area contributed by atoms with E-state index in [1.54, 1.807) is 0 Å². The van der Waals surface area contributed by atoms with E-state index < -0.39 is 0 Å². The lowest BCUT2D eigenvalue weighted by atomic mass is 9.86. The number of hydrogen-bond donors (Lipinski definition) is 1. The van der Waals surface area contributed by atoms with Gasteiger partial charge >= 0.3 is 0 Å². The molecule has 2 unspecified atom stereocenters. The summed E-state index contributed by atoms with van der Waals surface area (Å²) < 4.78 is 0. The summed E-state index contributed by atoms with van der Waals surface area (Å²) in [5, 5.41) is 8.83. The highest BCUT2D eigenvalue weighted by atomic mass is 16.2. The zero-order chi connectivity index (χ0) is 12.8. The van der Waals surface area contributed by atoms with Gasteiger partial charge in [0.25, 0.3) is 0 Å². The Labute approximate surface area is 111 Å². The van der Waals surface area contributed by atoms with Crippen molar-refractivity contribution in [3.8, 4) is 0 Å². The summed E-state index contributed by atoms with van der Waals surface area (Å²) in [5.41, 5.74) is 1.50. The van der Waals surface area contributed by atoms with Gasteiger partial charge in [0.1, 0.15) is 0 Å². The van der Waals surface area contributed by atoms with E-state index in [4.69, 9.17) is 5.11 Å². The Morgan fingerprint density at radius 2 is 2.00 bits per heavy atom. The molecule has 1 aromatic rings. The van der Waals surface area contributed by atoms with Crippen LogP contribution in [0.5, 0.6) is 0 Å². The Bertz CT molecular complexity index is 338. The first-order valence-corrected chi connectivity index (χ1v) is 7.21. The monoisotopic (exact) mass is 247 g/mol. The number of aliphatic hydroxyl groups is 1.